The minimum Gasteiger partial charge on any atom is -0.368 e. The Bertz CT molecular complexity index is 807. The van der Waals surface area contributed by atoms with Crippen LogP contribution >= 0.6 is 23.4 Å². The van der Waals surface area contributed by atoms with Gasteiger partial charge in [0.2, 0.25) is 11.9 Å². The third kappa shape index (κ3) is 3.60. The third-order valence-corrected chi connectivity index (χ3v) is 4.62. The molecule has 3 rings (SSSR count). The number of rotatable bonds is 6. The fraction of sp³-hybridized carbons (Fsp3) is 0.308. The van der Waals surface area contributed by atoms with Gasteiger partial charge in [0.15, 0.2) is 5.16 Å². The van der Waals surface area contributed by atoms with Crippen LogP contribution in [0.5, 0.6) is 0 Å². The number of nitrogens with one attached hydrogen (secondary N) is 1. The molecule has 0 atom stereocenters. The van der Waals surface area contributed by atoms with E-state index in [9.17, 15) is 14.9 Å². The largest absolute Gasteiger partial charge is 0.368 e. The lowest BCUT2D eigenvalue weighted by molar-refractivity contribution is -0.384. The Morgan fingerprint density at radius 2 is 2.25 bits per heavy atom. The highest BCUT2D eigenvalue weighted by Crippen LogP contribution is 2.39. The number of carbonyl (C=O) groups is 1. The molecule has 0 bridgehead atoms. The summed E-state index contributed by atoms with van der Waals surface area (Å²) in [4.78, 5) is 22.3. The Morgan fingerprint density at radius 3 is 2.92 bits per heavy atom. The molecule has 1 aliphatic rings. The first-order valence-corrected chi connectivity index (χ1v) is 8.39. The molecule has 0 spiro atoms. The Balaban J connectivity index is 1.62. The van der Waals surface area contributed by atoms with Crippen molar-refractivity contribution in [2.45, 2.75) is 24.0 Å². The van der Waals surface area contributed by atoms with Crippen LogP contribution in [0.2, 0.25) is 5.02 Å². The average Bonchev–Trinajstić information content (AvgIpc) is 3.30. The summed E-state index contributed by atoms with van der Waals surface area (Å²) >= 11 is 6.95. The van der Waals surface area contributed by atoms with Crippen LogP contribution in [0.1, 0.15) is 18.9 Å². The van der Waals surface area contributed by atoms with E-state index < -0.39 is 4.92 Å². The highest BCUT2D eigenvalue weighted by atomic mass is 35.5. The van der Waals surface area contributed by atoms with Gasteiger partial charge in [0.1, 0.15) is 5.02 Å². The number of anilines is 2. The summed E-state index contributed by atoms with van der Waals surface area (Å²) in [5.74, 6) is 0.107. The van der Waals surface area contributed by atoms with Gasteiger partial charge in [-0.15, -0.1) is 10.2 Å². The molecule has 0 radical (unpaired) electrons. The van der Waals surface area contributed by atoms with Crippen molar-refractivity contribution in [3.8, 4) is 0 Å². The van der Waals surface area contributed by atoms with Crippen molar-refractivity contribution >= 4 is 46.6 Å². The van der Waals surface area contributed by atoms with Gasteiger partial charge in [0.25, 0.3) is 5.69 Å². The number of halogens is 1. The minimum atomic E-state index is -0.604. The molecule has 1 aromatic heterocycles. The normalized spacial score (nSPS) is 13.7. The monoisotopic (exact) mass is 368 g/mol. The lowest BCUT2D eigenvalue weighted by Gasteiger charge is -2.07. The van der Waals surface area contributed by atoms with E-state index in [-0.39, 0.29) is 22.4 Å². The van der Waals surface area contributed by atoms with E-state index in [1.54, 1.807) is 0 Å². The maximum Gasteiger partial charge on any atom is 0.289 e. The zero-order valence-corrected chi connectivity index (χ0v) is 13.9. The lowest BCUT2D eigenvalue weighted by atomic mass is 10.3. The molecule has 1 amide bonds. The van der Waals surface area contributed by atoms with Crippen LogP contribution in [0.4, 0.5) is 17.3 Å². The highest BCUT2D eigenvalue weighted by Gasteiger charge is 2.29. The molecule has 1 fully saturated rings. The van der Waals surface area contributed by atoms with Gasteiger partial charge < -0.3 is 11.1 Å². The van der Waals surface area contributed by atoms with Gasteiger partial charge in [-0.25, -0.2) is 0 Å². The Labute approximate surface area is 145 Å². The second kappa shape index (κ2) is 6.65. The van der Waals surface area contributed by atoms with Gasteiger partial charge in [0, 0.05) is 17.8 Å². The molecular formula is C13H13ClN6O3S. The van der Waals surface area contributed by atoms with Gasteiger partial charge in [-0.2, -0.15) is 0 Å². The van der Waals surface area contributed by atoms with E-state index in [1.165, 1.54) is 30.0 Å². The summed E-state index contributed by atoms with van der Waals surface area (Å²) in [6.07, 6.45) is 2.05. The SMILES string of the molecule is Nc1nnc(SCC(=O)Nc2ccc(Cl)c([N+](=O)[O-])c2)n1C1CC1. The van der Waals surface area contributed by atoms with Gasteiger partial charge in [-0.1, -0.05) is 23.4 Å². The molecule has 0 aliphatic heterocycles. The molecule has 11 heteroatoms. The predicted molar refractivity (Wildman–Crippen MR) is 90.2 cm³/mol. The molecule has 1 aliphatic carbocycles. The molecule has 1 heterocycles. The minimum absolute atomic E-state index is 0.0142. The van der Waals surface area contributed by atoms with Crippen LogP contribution in [-0.4, -0.2) is 31.3 Å². The molecule has 126 valence electrons. The number of benzene rings is 1. The third-order valence-electron chi connectivity index (χ3n) is 3.36. The highest BCUT2D eigenvalue weighted by molar-refractivity contribution is 7.99. The van der Waals surface area contributed by atoms with Crippen molar-refractivity contribution < 1.29 is 9.72 Å². The van der Waals surface area contributed by atoms with E-state index in [4.69, 9.17) is 17.3 Å². The average molecular weight is 369 g/mol. The predicted octanol–water partition coefficient (Wildman–Crippen LogP) is 2.49. The maximum absolute atomic E-state index is 12.0. The molecule has 1 saturated carbocycles. The molecule has 0 unspecified atom stereocenters. The first kappa shape index (κ1) is 16.5. The fourth-order valence-electron chi connectivity index (χ4n) is 2.12. The second-order valence-electron chi connectivity index (χ2n) is 5.20. The number of nitro benzene ring substituents is 1. The smallest absolute Gasteiger partial charge is 0.289 e. The number of aromatic nitrogens is 3. The number of hydrogen-bond donors (Lipinski definition) is 2. The van der Waals surface area contributed by atoms with E-state index in [1.807, 2.05) is 4.57 Å². The molecule has 3 N–H and O–H groups in total. The molecular weight excluding hydrogens is 356 g/mol. The summed E-state index contributed by atoms with van der Waals surface area (Å²) < 4.78 is 1.82. The molecule has 9 nitrogen and oxygen atoms in total. The number of nitrogen functional groups attached to an aromatic ring is 1. The molecule has 2 aromatic rings. The number of carbonyl (C=O) groups excluding carboxylic acids is 1. The summed E-state index contributed by atoms with van der Waals surface area (Å²) in [5, 5.41) is 21.9. The fourth-order valence-corrected chi connectivity index (χ4v) is 3.12. The van der Waals surface area contributed by atoms with Gasteiger partial charge in [-0.05, 0) is 25.0 Å². The van der Waals surface area contributed by atoms with E-state index in [0.29, 0.717) is 22.8 Å². The van der Waals surface area contributed by atoms with Crippen LogP contribution in [0, 0.1) is 10.1 Å². The molecule has 1 aromatic carbocycles. The number of nitrogens with two attached hydrogens (primary N) is 1. The lowest BCUT2D eigenvalue weighted by Crippen LogP contribution is -2.15. The summed E-state index contributed by atoms with van der Waals surface area (Å²) in [6.45, 7) is 0. The second-order valence-corrected chi connectivity index (χ2v) is 6.55. The summed E-state index contributed by atoms with van der Waals surface area (Å²) in [7, 11) is 0. The van der Waals surface area contributed by atoms with Gasteiger partial charge in [0.05, 0.1) is 10.7 Å². The van der Waals surface area contributed by atoms with Crippen LogP contribution in [-0.2, 0) is 4.79 Å². The number of thioether (sulfide) groups is 1. The van der Waals surface area contributed by atoms with Gasteiger partial charge >= 0.3 is 0 Å². The van der Waals surface area contributed by atoms with E-state index in [2.05, 4.69) is 15.5 Å². The van der Waals surface area contributed by atoms with Crippen LogP contribution in [0.15, 0.2) is 23.4 Å². The van der Waals surface area contributed by atoms with E-state index >= 15 is 0 Å². The molecule has 24 heavy (non-hydrogen) atoms. The number of nitro groups is 1. The zero-order chi connectivity index (χ0) is 17.3. The topological polar surface area (TPSA) is 129 Å². The first-order valence-electron chi connectivity index (χ1n) is 7.02. The number of hydrogen-bond acceptors (Lipinski definition) is 7. The summed E-state index contributed by atoms with van der Waals surface area (Å²) in [6, 6.07) is 4.40. The zero-order valence-electron chi connectivity index (χ0n) is 12.3. The number of amides is 1. The van der Waals surface area contributed by atoms with Crippen LogP contribution in [0.3, 0.4) is 0 Å². The van der Waals surface area contributed by atoms with Crippen molar-refractivity contribution in [2.24, 2.45) is 0 Å². The van der Waals surface area contributed by atoms with Crippen LogP contribution < -0.4 is 11.1 Å². The van der Waals surface area contributed by atoms with Crippen molar-refractivity contribution in [2.75, 3.05) is 16.8 Å². The van der Waals surface area contributed by atoms with Crippen molar-refractivity contribution in [3.63, 3.8) is 0 Å². The Hall–Kier alpha value is -2.33. The van der Waals surface area contributed by atoms with E-state index in [0.717, 1.165) is 12.8 Å². The maximum atomic E-state index is 12.0. The van der Waals surface area contributed by atoms with Crippen molar-refractivity contribution in [1.29, 1.82) is 0 Å². The Morgan fingerprint density at radius 1 is 1.50 bits per heavy atom. The summed E-state index contributed by atoms with van der Waals surface area (Å²) in [5.41, 5.74) is 5.82. The van der Waals surface area contributed by atoms with Crippen molar-refractivity contribution in [1.82, 2.24) is 14.8 Å². The standard InChI is InChI=1S/C13H13ClN6O3S/c14-9-4-1-7(5-10(9)20(22)23)16-11(21)6-24-13-18-17-12(15)19(13)8-2-3-8/h1,4-5,8H,2-3,6H2,(H2,15,17)(H,16,21). The van der Waals surface area contributed by atoms with Crippen LogP contribution in [0.25, 0.3) is 0 Å². The number of nitrogens with zero attached hydrogens (tertiary/aromatic N) is 4. The first-order chi connectivity index (χ1) is 11.5. The van der Waals surface area contributed by atoms with Crippen molar-refractivity contribution in [3.05, 3.63) is 33.3 Å². The molecule has 0 saturated heterocycles. The van der Waals surface area contributed by atoms with Gasteiger partial charge in [-0.3, -0.25) is 19.5 Å². The quantitative estimate of drug-likeness (QED) is 0.455. The Kier molecular flexibility index (Phi) is 4.58.